The maximum atomic E-state index is 11.4. The van der Waals surface area contributed by atoms with E-state index in [1.165, 1.54) is 0 Å². The number of nitrogens with two attached hydrogens (primary N) is 1. The summed E-state index contributed by atoms with van der Waals surface area (Å²) in [6, 6.07) is 7.81. The fourth-order valence-corrected chi connectivity index (χ4v) is 2.87. The molecule has 4 nitrogen and oxygen atoms in total. The molecule has 2 rings (SSSR count). The maximum Gasteiger partial charge on any atom is 0.219 e. The molecule has 0 bridgehead atoms. The Morgan fingerprint density at radius 1 is 1.44 bits per heavy atom. The van der Waals surface area contributed by atoms with Crippen molar-refractivity contribution in [3.63, 3.8) is 0 Å². The SMILES string of the molecule is CNC1(CC(N)=O)CC(C)(C)Oc2ccccc21. The Labute approximate surface area is 108 Å². The first kappa shape index (κ1) is 12.9. The predicted molar refractivity (Wildman–Crippen MR) is 70.3 cm³/mol. The van der Waals surface area contributed by atoms with Crippen LogP contribution in [-0.4, -0.2) is 18.6 Å². The molecule has 18 heavy (non-hydrogen) atoms. The molecule has 0 saturated carbocycles. The molecule has 0 aliphatic carbocycles. The van der Waals surface area contributed by atoms with Crippen molar-refractivity contribution in [2.45, 2.75) is 37.8 Å². The Balaban J connectivity index is 2.54. The highest BCUT2D eigenvalue weighted by atomic mass is 16.5. The summed E-state index contributed by atoms with van der Waals surface area (Å²) >= 11 is 0. The largest absolute Gasteiger partial charge is 0.487 e. The average Bonchev–Trinajstić information content (AvgIpc) is 2.26. The zero-order valence-electron chi connectivity index (χ0n) is 11.1. The number of primary amides is 1. The zero-order chi connectivity index (χ0) is 13.4. The van der Waals surface area contributed by atoms with Crippen LogP contribution in [0.25, 0.3) is 0 Å². The number of hydrogen-bond donors (Lipinski definition) is 2. The monoisotopic (exact) mass is 248 g/mol. The third kappa shape index (κ3) is 2.20. The van der Waals surface area contributed by atoms with Crippen molar-refractivity contribution >= 4 is 5.91 Å². The fraction of sp³-hybridized carbons (Fsp3) is 0.500. The second kappa shape index (κ2) is 4.28. The van der Waals surface area contributed by atoms with Gasteiger partial charge in [-0.15, -0.1) is 0 Å². The Bertz CT molecular complexity index is 471. The predicted octanol–water partition coefficient (Wildman–Crippen LogP) is 1.54. The summed E-state index contributed by atoms with van der Waals surface area (Å²) in [5.41, 5.74) is 5.65. The van der Waals surface area contributed by atoms with Gasteiger partial charge in [0.2, 0.25) is 5.91 Å². The number of rotatable bonds is 3. The molecule has 0 fully saturated rings. The van der Waals surface area contributed by atoms with Crippen molar-refractivity contribution in [3.05, 3.63) is 29.8 Å². The lowest BCUT2D eigenvalue weighted by Crippen LogP contribution is -2.52. The first-order chi connectivity index (χ1) is 8.38. The van der Waals surface area contributed by atoms with E-state index in [4.69, 9.17) is 10.5 Å². The van der Waals surface area contributed by atoms with Gasteiger partial charge in [0.1, 0.15) is 11.4 Å². The van der Waals surface area contributed by atoms with E-state index in [0.29, 0.717) is 6.42 Å². The molecule has 0 aromatic heterocycles. The quantitative estimate of drug-likeness (QED) is 0.852. The summed E-state index contributed by atoms with van der Waals surface area (Å²) < 4.78 is 5.97. The normalized spacial score (nSPS) is 25.1. The van der Waals surface area contributed by atoms with Gasteiger partial charge in [0.25, 0.3) is 0 Å². The van der Waals surface area contributed by atoms with Gasteiger partial charge in [-0.1, -0.05) is 18.2 Å². The van der Waals surface area contributed by atoms with E-state index in [2.05, 4.69) is 5.32 Å². The van der Waals surface area contributed by atoms with Crippen molar-refractivity contribution in [1.82, 2.24) is 5.32 Å². The van der Waals surface area contributed by atoms with Crippen LogP contribution in [0.3, 0.4) is 0 Å². The third-order valence-electron chi connectivity index (χ3n) is 3.47. The molecule has 0 radical (unpaired) electrons. The number of benzene rings is 1. The maximum absolute atomic E-state index is 11.4. The van der Waals surface area contributed by atoms with Crippen LogP contribution in [0.4, 0.5) is 0 Å². The van der Waals surface area contributed by atoms with Crippen molar-refractivity contribution in [2.24, 2.45) is 5.73 Å². The van der Waals surface area contributed by atoms with Crippen LogP contribution in [0.15, 0.2) is 24.3 Å². The van der Waals surface area contributed by atoms with Crippen LogP contribution in [0, 0.1) is 0 Å². The smallest absolute Gasteiger partial charge is 0.219 e. The van der Waals surface area contributed by atoms with Crippen molar-refractivity contribution in [1.29, 1.82) is 0 Å². The number of hydrogen-bond acceptors (Lipinski definition) is 3. The van der Waals surface area contributed by atoms with Gasteiger partial charge in [0.15, 0.2) is 0 Å². The minimum absolute atomic E-state index is 0.271. The van der Waals surface area contributed by atoms with Crippen molar-refractivity contribution in [3.8, 4) is 5.75 Å². The first-order valence-corrected chi connectivity index (χ1v) is 6.14. The second-order valence-corrected chi connectivity index (χ2v) is 5.51. The van der Waals surface area contributed by atoms with Gasteiger partial charge >= 0.3 is 0 Å². The number of nitrogens with one attached hydrogen (secondary N) is 1. The minimum atomic E-state index is -0.440. The van der Waals surface area contributed by atoms with E-state index in [0.717, 1.165) is 11.3 Å². The van der Waals surface area contributed by atoms with E-state index in [1.807, 2.05) is 45.2 Å². The van der Waals surface area contributed by atoms with E-state index in [1.54, 1.807) is 0 Å². The molecule has 0 spiro atoms. The highest BCUT2D eigenvalue weighted by Crippen LogP contribution is 2.44. The molecule has 98 valence electrons. The molecule has 4 heteroatoms. The van der Waals surface area contributed by atoms with Gasteiger partial charge in [-0.3, -0.25) is 4.79 Å². The summed E-state index contributed by atoms with van der Waals surface area (Å²) in [7, 11) is 1.86. The summed E-state index contributed by atoms with van der Waals surface area (Å²) in [5.74, 6) is 0.515. The second-order valence-electron chi connectivity index (χ2n) is 5.51. The highest BCUT2D eigenvalue weighted by Gasteiger charge is 2.44. The van der Waals surface area contributed by atoms with E-state index < -0.39 is 5.54 Å². The van der Waals surface area contributed by atoms with Gasteiger partial charge in [-0.2, -0.15) is 0 Å². The van der Waals surface area contributed by atoms with Crippen LogP contribution in [0.2, 0.25) is 0 Å². The molecule has 3 N–H and O–H groups in total. The minimum Gasteiger partial charge on any atom is -0.487 e. The van der Waals surface area contributed by atoms with E-state index in [9.17, 15) is 4.79 Å². The van der Waals surface area contributed by atoms with Crippen LogP contribution in [-0.2, 0) is 10.3 Å². The molecule has 0 saturated heterocycles. The lowest BCUT2D eigenvalue weighted by Gasteiger charge is -2.45. The number of carbonyl (C=O) groups excluding carboxylic acids is 1. The summed E-state index contributed by atoms with van der Waals surface area (Å²) in [4.78, 5) is 11.4. The van der Waals surface area contributed by atoms with Gasteiger partial charge in [0, 0.05) is 18.4 Å². The lowest BCUT2D eigenvalue weighted by atomic mass is 9.75. The Morgan fingerprint density at radius 2 is 2.11 bits per heavy atom. The molecule has 1 aromatic carbocycles. The Morgan fingerprint density at radius 3 is 2.72 bits per heavy atom. The van der Waals surface area contributed by atoms with Gasteiger partial charge in [-0.05, 0) is 27.0 Å². The van der Waals surface area contributed by atoms with Crippen LogP contribution >= 0.6 is 0 Å². The fourth-order valence-electron chi connectivity index (χ4n) is 2.87. The molecule has 1 aliphatic heterocycles. The van der Waals surface area contributed by atoms with Gasteiger partial charge in [-0.25, -0.2) is 0 Å². The molecule has 1 amide bonds. The summed E-state index contributed by atoms with van der Waals surface area (Å²) in [6.45, 7) is 4.05. The topological polar surface area (TPSA) is 64.3 Å². The van der Waals surface area contributed by atoms with E-state index >= 15 is 0 Å². The average molecular weight is 248 g/mol. The van der Waals surface area contributed by atoms with Crippen molar-refractivity contribution < 1.29 is 9.53 Å². The lowest BCUT2D eigenvalue weighted by molar-refractivity contribution is -0.120. The van der Waals surface area contributed by atoms with Crippen LogP contribution in [0.1, 0.15) is 32.3 Å². The van der Waals surface area contributed by atoms with Gasteiger partial charge < -0.3 is 15.8 Å². The molecule has 1 aromatic rings. The third-order valence-corrected chi connectivity index (χ3v) is 3.47. The number of amides is 1. The van der Waals surface area contributed by atoms with Crippen LogP contribution in [0.5, 0.6) is 5.75 Å². The Kier molecular flexibility index (Phi) is 3.07. The molecule has 1 aliphatic rings. The summed E-state index contributed by atoms with van der Waals surface area (Å²) in [5, 5.41) is 3.28. The number of fused-ring (bicyclic) bond motifs is 1. The molecular weight excluding hydrogens is 228 g/mol. The molecule has 1 heterocycles. The van der Waals surface area contributed by atoms with Crippen LogP contribution < -0.4 is 15.8 Å². The Hall–Kier alpha value is -1.55. The van der Waals surface area contributed by atoms with Crippen molar-refractivity contribution in [2.75, 3.05) is 7.05 Å². The standard InChI is InChI=1S/C14H20N2O2/c1-13(2)9-14(16-3,8-12(15)17)10-6-4-5-7-11(10)18-13/h4-7,16H,8-9H2,1-3H3,(H2,15,17). The molecule has 1 unspecified atom stereocenters. The summed E-state index contributed by atoms with van der Waals surface area (Å²) in [6.07, 6.45) is 0.976. The van der Waals surface area contributed by atoms with Gasteiger partial charge in [0.05, 0.1) is 5.54 Å². The zero-order valence-corrected chi connectivity index (χ0v) is 11.1. The number of ether oxygens (including phenoxy) is 1. The first-order valence-electron chi connectivity index (χ1n) is 6.14. The molecule has 1 atom stereocenters. The molecular formula is C14H20N2O2. The van der Waals surface area contributed by atoms with E-state index in [-0.39, 0.29) is 17.9 Å². The highest BCUT2D eigenvalue weighted by molar-refractivity contribution is 5.76. The number of carbonyl (C=O) groups is 1. The number of para-hydroxylation sites is 1.